The third-order valence-corrected chi connectivity index (χ3v) is 2.85. The molecule has 14 heavy (non-hydrogen) atoms. The number of aromatic nitrogens is 1. The van der Waals surface area contributed by atoms with Crippen LogP contribution in [0.25, 0.3) is 0 Å². The van der Waals surface area contributed by atoms with Gasteiger partial charge in [-0.2, -0.15) is 0 Å². The fourth-order valence-corrected chi connectivity index (χ4v) is 2.05. The maximum atomic E-state index is 10.8. The lowest BCUT2D eigenvalue weighted by Crippen LogP contribution is -2.18. The summed E-state index contributed by atoms with van der Waals surface area (Å²) >= 11 is 0. The summed E-state index contributed by atoms with van der Waals surface area (Å²) in [6.07, 6.45) is 1.71. The van der Waals surface area contributed by atoms with Gasteiger partial charge in [0.15, 0.2) is 0 Å². The molecule has 0 aromatic carbocycles. The minimum atomic E-state index is -0.925. The normalized spacial score (nSPS) is 20.6. The Bertz CT molecular complexity index is 381. The molecule has 0 spiro atoms. The van der Waals surface area contributed by atoms with E-state index in [1.807, 2.05) is 0 Å². The van der Waals surface area contributed by atoms with E-state index in [2.05, 4.69) is 4.98 Å². The van der Waals surface area contributed by atoms with E-state index in [1.165, 1.54) is 0 Å². The van der Waals surface area contributed by atoms with Gasteiger partial charge in [-0.25, -0.2) is 4.79 Å². The summed E-state index contributed by atoms with van der Waals surface area (Å²) in [4.78, 5) is 13.7. The fourth-order valence-electron chi connectivity index (χ4n) is 2.05. The van der Waals surface area contributed by atoms with E-state index < -0.39 is 5.97 Å². The molecule has 1 heterocycles. The molecule has 1 atom stereocenters. The Balaban J connectivity index is 2.46. The van der Waals surface area contributed by atoms with Gasteiger partial charge in [-0.1, -0.05) is 0 Å². The molecule has 4 heteroatoms. The predicted molar refractivity (Wildman–Crippen MR) is 50.5 cm³/mol. The van der Waals surface area contributed by atoms with E-state index >= 15 is 0 Å². The van der Waals surface area contributed by atoms with Crippen LogP contribution in [-0.4, -0.2) is 27.3 Å². The van der Waals surface area contributed by atoms with Crippen LogP contribution in [0.4, 0.5) is 0 Å². The zero-order valence-electron chi connectivity index (χ0n) is 8.00. The van der Waals surface area contributed by atoms with Gasteiger partial charge in [0, 0.05) is 12.1 Å². The lowest BCUT2D eigenvalue weighted by molar-refractivity contribution is 0.0690. The standard InChI is InChI=1S/C10H13NO3/c1-5-7-4-6(12)2-3-8(7)11-9(5)10(13)14/h6,11-12H,2-4H2,1H3,(H,13,14). The molecule has 1 aromatic rings. The molecule has 1 aliphatic carbocycles. The Labute approximate surface area is 81.6 Å². The summed E-state index contributed by atoms with van der Waals surface area (Å²) < 4.78 is 0. The van der Waals surface area contributed by atoms with Crippen molar-refractivity contribution in [3.05, 3.63) is 22.5 Å². The second-order valence-corrected chi connectivity index (χ2v) is 3.78. The smallest absolute Gasteiger partial charge is 0.352 e. The van der Waals surface area contributed by atoms with Gasteiger partial charge in [0.2, 0.25) is 0 Å². The van der Waals surface area contributed by atoms with E-state index in [1.54, 1.807) is 6.92 Å². The molecule has 4 nitrogen and oxygen atoms in total. The monoisotopic (exact) mass is 195 g/mol. The van der Waals surface area contributed by atoms with Crippen LogP contribution in [0.3, 0.4) is 0 Å². The zero-order valence-corrected chi connectivity index (χ0v) is 8.00. The third kappa shape index (κ3) is 1.32. The van der Waals surface area contributed by atoms with Crippen molar-refractivity contribution in [3.8, 4) is 0 Å². The molecular formula is C10H13NO3. The van der Waals surface area contributed by atoms with Crippen molar-refractivity contribution >= 4 is 5.97 Å². The molecule has 0 aliphatic heterocycles. The van der Waals surface area contributed by atoms with E-state index in [0.29, 0.717) is 12.8 Å². The van der Waals surface area contributed by atoms with Crippen molar-refractivity contribution in [3.63, 3.8) is 0 Å². The number of fused-ring (bicyclic) bond motifs is 1. The Kier molecular flexibility index (Phi) is 2.07. The van der Waals surface area contributed by atoms with Crippen LogP contribution in [-0.2, 0) is 12.8 Å². The molecule has 0 saturated carbocycles. The van der Waals surface area contributed by atoms with Crippen LogP contribution in [0.5, 0.6) is 0 Å². The molecule has 2 rings (SSSR count). The third-order valence-electron chi connectivity index (χ3n) is 2.85. The van der Waals surface area contributed by atoms with Gasteiger partial charge in [0.05, 0.1) is 6.10 Å². The Morgan fingerprint density at radius 3 is 2.93 bits per heavy atom. The van der Waals surface area contributed by atoms with Crippen molar-refractivity contribution in [2.45, 2.75) is 32.3 Å². The number of carbonyl (C=O) groups is 1. The van der Waals surface area contributed by atoms with Crippen molar-refractivity contribution in [2.75, 3.05) is 0 Å². The second kappa shape index (κ2) is 3.13. The number of aromatic amines is 1. The van der Waals surface area contributed by atoms with Crippen LogP contribution in [0.2, 0.25) is 0 Å². The minimum Gasteiger partial charge on any atom is -0.477 e. The molecule has 0 saturated heterocycles. The number of H-pyrrole nitrogens is 1. The first-order valence-electron chi connectivity index (χ1n) is 4.71. The number of hydrogen-bond acceptors (Lipinski definition) is 2. The number of nitrogens with one attached hydrogen (secondary N) is 1. The lowest BCUT2D eigenvalue weighted by atomic mass is 9.93. The number of hydrogen-bond donors (Lipinski definition) is 3. The molecule has 1 unspecified atom stereocenters. The van der Waals surface area contributed by atoms with Crippen molar-refractivity contribution in [2.24, 2.45) is 0 Å². The summed E-state index contributed by atoms with van der Waals surface area (Å²) in [5, 5.41) is 18.4. The molecular weight excluding hydrogens is 182 g/mol. The van der Waals surface area contributed by atoms with Crippen LogP contribution in [0.1, 0.15) is 33.7 Å². The summed E-state index contributed by atoms with van der Waals surface area (Å²) in [5.41, 5.74) is 3.00. The SMILES string of the molecule is Cc1c(C(=O)O)[nH]c2c1CC(O)CC2. The molecule has 76 valence electrons. The first kappa shape index (κ1) is 9.27. The van der Waals surface area contributed by atoms with E-state index in [4.69, 9.17) is 5.11 Å². The molecule has 0 bridgehead atoms. The van der Waals surface area contributed by atoms with Crippen LogP contribution >= 0.6 is 0 Å². The van der Waals surface area contributed by atoms with Crippen molar-refractivity contribution < 1.29 is 15.0 Å². The van der Waals surface area contributed by atoms with Crippen LogP contribution in [0.15, 0.2) is 0 Å². The van der Waals surface area contributed by atoms with Gasteiger partial charge in [-0.3, -0.25) is 0 Å². The molecule has 0 fully saturated rings. The average molecular weight is 195 g/mol. The molecule has 3 N–H and O–H groups in total. The summed E-state index contributed by atoms with van der Waals surface area (Å²) in [6, 6.07) is 0. The number of carboxylic acid groups (broad SMARTS) is 1. The number of rotatable bonds is 1. The van der Waals surface area contributed by atoms with Crippen LogP contribution < -0.4 is 0 Å². The largest absolute Gasteiger partial charge is 0.477 e. The number of aliphatic hydroxyl groups excluding tert-OH is 1. The average Bonchev–Trinajstić information content (AvgIpc) is 2.44. The first-order chi connectivity index (χ1) is 6.59. The van der Waals surface area contributed by atoms with Gasteiger partial charge >= 0.3 is 5.97 Å². The second-order valence-electron chi connectivity index (χ2n) is 3.78. The minimum absolute atomic E-state index is 0.268. The summed E-state index contributed by atoms with van der Waals surface area (Å²) in [5.74, 6) is -0.925. The maximum absolute atomic E-state index is 10.8. The Morgan fingerprint density at radius 1 is 1.57 bits per heavy atom. The Morgan fingerprint density at radius 2 is 2.29 bits per heavy atom. The number of aromatic carboxylic acids is 1. The summed E-state index contributed by atoms with van der Waals surface area (Å²) in [7, 11) is 0. The van der Waals surface area contributed by atoms with E-state index in [-0.39, 0.29) is 11.8 Å². The van der Waals surface area contributed by atoms with Crippen molar-refractivity contribution in [1.29, 1.82) is 0 Å². The molecule has 0 radical (unpaired) electrons. The number of aliphatic hydroxyl groups is 1. The molecule has 1 aliphatic rings. The summed E-state index contributed by atoms with van der Waals surface area (Å²) in [6.45, 7) is 1.79. The highest BCUT2D eigenvalue weighted by Crippen LogP contribution is 2.26. The van der Waals surface area contributed by atoms with Gasteiger partial charge in [-0.15, -0.1) is 0 Å². The topological polar surface area (TPSA) is 73.3 Å². The highest BCUT2D eigenvalue weighted by Gasteiger charge is 2.24. The predicted octanol–water partition coefficient (Wildman–Crippen LogP) is 0.871. The number of aryl methyl sites for hydroxylation is 1. The van der Waals surface area contributed by atoms with Gasteiger partial charge in [0.25, 0.3) is 0 Å². The number of carboxylic acids is 1. The van der Waals surface area contributed by atoms with Crippen LogP contribution in [0, 0.1) is 6.92 Å². The fraction of sp³-hybridized carbons (Fsp3) is 0.500. The van der Waals surface area contributed by atoms with Crippen molar-refractivity contribution in [1.82, 2.24) is 4.98 Å². The van der Waals surface area contributed by atoms with E-state index in [9.17, 15) is 9.90 Å². The van der Waals surface area contributed by atoms with Gasteiger partial charge in [-0.05, 0) is 30.9 Å². The van der Waals surface area contributed by atoms with E-state index in [0.717, 1.165) is 23.2 Å². The maximum Gasteiger partial charge on any atom is 0.352 e. The highest BCUT2D eigenvalue weighted by atomic mass is 16.4. The Hall–Kier alpha value is -1.29. The first-order valence-corrected chi connectivity index (χ1v) is 4.71. The lowest BCUT2D eigenvalue weighted by Gasteiger charge is -2.17. The highest BCUT2D eigenvalue weighted by molar-refractivity contribution is 5.88. The zero-order chi connectivity index (χ0) is 10.3. The quantitative estimate of drug-likeness (QED) is 0.622. The molecule has 0 amide bonds. The molecule has 1 aromatic heterocycles. The van der Waals surface area contributed by atoms with Gasteiger partial charge in [0.1, 0.15) is 5.69 Å². The van der Waals surface area contributed by atoms with Gasteiger partial charge < -0.3 is 15.2 Å².